The van der Waals surface area contributed by atoms with E-state index in [9.17, 15) is 9.18 Å². The molecule has 1 aromatic carbocycles. The Labute approximate surface area is 187 Å². The van der Waals surface area contributed by atoms with Gasteiger partial charge < -0.3 is 19.6 Å². The van der Waals surface area contributed by atoms with Crippen LogP contribution in [0.4, 0.5) is 21.7 Å². The number of hydrogen-bond acceptors (Lipinski definition) is 8. The first kappa shape index (κ1) is 20.4. The SMILES string of the molecule is Cc1cc(NC(=O)c2sc3ncnc(N4CCN(c5ccccc5F)CC4)c3c2C)no1. The van der Waals surface area contributed by atoms with Crippen LogP contribution >= 0.6 is 11.3 Å². The van der Waals surface area contributed by atoms with Crippen molar-refractivity contribution in [3.63, 3.8) is 0 Å². The van der Waals surface area contributed by atoms with Crippen molar-refractivity contribution in [3.05, 3.63) is 58.7 Å². The number of nitrogens with zero attached hydrogens (tertiary/aromatic N) is 5. The van der Waals surface area contributed by atoms with Crippen LogP contribution in [0.5, 0.6) is 0 Å². The number of anilines is 3. The van der Waals surface area contributed by atoms with E-state index in [0.717, 1.165) is 21.6 Å². The Hall–Kier alpha value is -3.53. The highest BCUT2D eigenvalue weighted by atomic mass is 32.1. The Kier molecular flexibility index (Phi) is 5.22. The van der Waals surface area contributed by atoms with Crippen molar-refractivity contribution in [2.45, 2.75) is 13.8 Å². The molecule has 0 aliphatic carbocycles. The fraction of sp³-hybridized carbons (Fsp3) is 0.273. The first-order valence-electron chi connectivity index (χ1n) is 10.2. The monoisotopic (exact) mass is 452 g/mol. The van der Waals surface area contributed by atoms with Crippen molar-refractivity contribution in [2.24, 2.45) is 0 Å². The summed E-state index contributed by atoms with van der Waals surface area (Å²) in [5.74, 6) is 1.33. The highest BCUT2D eigenvalue weighted by Crippen LogP contribution is 2.36. The van der Waals surface area contributed by atoms with Crippen LogP contribution in [0.25, 0.3) is 10.2 Å². The Bertz CT molecular complexity index is 1290. The molecule has 1 saturated heterocycles. The highest BCUT2D eigenvalue weighted by Gasteiger charge is 2.25. The number of hydrogen-bond donors (Lipinski definition) is 1. The zero-order chi connectivity index (χ0) is 22.2. The van der Waals surface area contributed by atoms with Crippen molar-refractivity contribution >= 4 is 44.8 Å². The topological polar surface area (TPSA) is 87.4 Å². The zero-order valence-corrected chi connectivity index (χ0v) is 18.4. The second-order valence-corrected chi connectivity index (χ2v) is 8.64. The minimum absolute atomic E-state index is 0.211. The standard InChI is InChI=1S/C22H21FN6O2S/c1-13-11-17(27-31-13)26-21(30)19-14(2)18-20(24-12-25-22(18)32-19)29-9-7-28(8-10-29)16-6-4-3-5-15(16)23/h3-6,11-12H,7-10H2,1-2H3,(H,26,27,30). The lowest BCUT2D eigenvalue weighted by atomic mass is 10.1. The smallest absolute Gasteiger partial charge is 0.267 e. The Balaban J connectivity index is 1.39. The van der Waals surface area contributed by atoms with Gasteiger partial charge in [0.05, 0.1) is 16.0 Å². The highest BCUT2D eigenvalue weighted by molar-refractivity contribution is 7.20. The molecule has 5 rings (SSSR count). The second kappa shape index (κ2) is 8.19. The molecule has 3 aromatic heterocycles. The molecular formula is C22H21FN6O2S. The quantitative estimate of drug-likeness (QED) is 0.500. The van der Waals surface area contributed by atoms with Crippen LogP contribution in [0, 0.1) is 19.7 Å². The van der Waals surface area contributed by atoms with Crippen LogP contribution in [0.3, 0.4) is 0 Å². The summed E-state index contributed by atoms with van der Waals surface area (Å²) < 4.78 is 19.2. The number of rotatable bonds is 4. The van der Waals surface area contributed by atoms with E-state index in [1.807, 2.05) is 17.9 Å². The lowest BCUT2D eigenvalue weighted by Crippen LogP contribution is -2.47. The van der Waals surface area contributed by atoms with Gasteiger partial charge in [0, 0.05) is 32.2 Å². The summed E-state index contributed by atoms with van der Waals surface area (Å²) in [6.45, 7) is 6.40. The van der Waals surface area contributed by atoms with Crippen molar-refractivity contribution < 1.29 is 13.7 Å². The molecule has 0 bridgehead atoms. The van der Waals surface area contributed by atoms with Gasteiger partial charge >= 0.3 is 0 Å². The number of thiophene rings is 1. The lowest BCUT2D eigenvalue weighted by molar-refractivity contribution is 0.102. The van der Waals surface area contributed by atoms with E-state index in [2.05, 4.69) is 25.3 Å². The van der Waals surface area contributed by atoms with Gasteiger partial charge in [-0.1, -0.05) is 17.3 Å². The fourth-order valence-electron chi connectivity index (χ4n) is 3.98. The van der Waals surface area contributed by atoms with E-state index in [1.54, 1.807) is 25.1 Å². The molecule has 1 N–H and O–H groups in total. The number of amides is 1. The molecule has 0 spiro atoms. The van der Waals surface area contributed by atoms with Crippen LogP contribution in [0.1, 0.15) is 21.0 Å². The molecule has 1 aliphatic heterocycles. The fourth-order valence-corrected chi connectivity index (χ4v) is 5.01. The van der Waals surface area contributed by atoms with Crippen molar-refractivity contribution in [1.29, 1.82) is 0 Å². The third-order valence-corrected chi connectivity index (χ3v) is 6.75. The lowest BCUT2D eigenvalue weighted by Gasteiger charge is -2.37. The van der Waals surface area contributed by atoms with Crippen LogP contribution in [0.15, 0.2) is 41.2 Å². The summed E-state index contributed by atoms with van der Waals surface area (Å²) in [7, 11) is 0. The van der Waals surface area contributed by atoms with Crippen LogP contribution in [0.2, 0.25) is 0 Å². The number of nitrogens with one attached hydrogen (secondary N) is 1. The van der Waals surface area contributed by atoms with Gasteiger partial charge in [-0.15, -0.1) is 11.3 Å². The van der Waals surface area contributed by atoms with Gasteiger partial charge in [-0.2, -0.15) is 0 Å². The zero-order valence-electron chi connectivity index (χ0n) is 17.6. The van der Waals surface area contributed by atoms with E-state index in [-0.39, 0.29) is 11.7 Å². The third-order valence-electron chi connectivity index (χ3n) is 5.55. The van der Waals surface area contributed by atoms with E-state index < -0.39 is 0 Å². The summed E-state index contributed by atoms with van der Waals surface area (Å²) in [4.78, 5) is 27.3. The van der Waals surface area contributed by atoms with Gasteiger partial charge in [-0.3, -0.25) is 4.79 Å². The van der Waals surface area contributed by atoms with Crippen LogP contribution < -0.4 is 15.1 Å². The number of aromatic nitrogens is 3. The molecule has 4 aromatic rings. The molecule has 0 radical (unpaired) electrons. The van der Waals surface area contributed by atoms with Crippen LogP contribution in [-0.2, 0) is 0 Å². The van der Waals surface area contributed by atoms with E-state index in [1.165, 1.54) is 23.7 Å². The van der Waals surface area contributed by atoms with Crippen LogP contribution in [-0.4, -0.2) is 47.2 Å². The maximum absolute atomic E-state index is 14.2. The largest absolute Gasteiger partial charge is 0.366 e. The van der Waals surface area contributed by atoms with Gasteiger partial charge in [0.2, 0.25) is 0 Å². The van der Waals surface area contributed by atoms with E-state index in [4.69, 9.17) is 4.52 Å². The molecule has 8 nitrogen and oxygen atoms in total. The maximum atomic E-state index is 14.2. The summed E-state index contributed by atoms with van der Waals surface area (Å²) in [5, 5.41) is 7.47. The van der Waals surface area contributed by atoms with Crippen molar-refractivity contribution in [2.75, 3.05) is 41.3 Å². The second-order valence-electron chi connectivity index (χ2n) is 7.64. The van der Waals surface area contributed by atoms with E-state index >= 15 is 0 Å². The van der Waals surface area contributed by atoms with Gasteiger partial charge in [0.25, 0.3) is 5.91 Å². The number of halogens is 1. The van der Waals surface area contributed by atoms with Gasteiger partial charge in [0.1, 0.15) is 28.6 Å². The average molecular weight is 453 g/mol. The molecule has 1 fully saturated rings. The van der Waals surface area contributed by atoms with Gasteiger partial charge in [-0.05, 0) is 31.5 Å². The maximum Gasteiger partial charge on any atom is 0.267 e. The molecule has 32 heavy (non-hydrogen) atoms. The summed E-state index contributed by atoms with van der Waals surface area (Å²) in [5.41, 5.74) is 1.45. The minimum atomic E-state index is -0.255. The molecule has 1 aliphatic rings. The Morgan fingerprint density at radius 2 is 1.88 bits per heavy atom. The molecule has 164 valence electrons. The summed E-state index contributed by atoms with van der Waals surface area (Å²) in [6, 6.07) is 8.50. The molecule has 0 saturated carbocycles. The normalized spacial score (nSPS) is 14.2. The predicted molar refractivity (Wildman–Crippen MR) is 122 cm³/mol. The molecular weight excluding hydrogens is 431 g/mol. The molecule has 0 unspecified atom stereocenters. The first-order chi connectivity index (χ1) is 15.5. The van der Waals surface area contributed by atoms with Crippen molar-refractivity contribution in [1.82, 2.24) is 15.1 Å². The third kappa shape index (κ3) is 3.66. The number of carbonyl (C=O) groups is 1. The number of benzene rings is 1. The van der Waals surface area contributed by atoms with Gasteiger partial charge in [-0.25, -0.2) is 14.4 Å². The molecule has 0 atom stereocenters. The minimum Gasteiger partial charge on any atom is -0.366 e. The Morgan fingerprint density at radius 3 is 2.59 bits per heavy atom. The molecule has 4 heterocycles. The number of carbonyl (C=O) groups excluding carboxylic acids is 1. The average Bonchev–Trinajstić information content (AvgIpc) is 3.37. The number of aryl methyl sites for hydroxylation is 2. The molecule has 1 amide bonds. The predicted octanol–water partition coefficient (Wildman–Crippen LogP) is 4.01. The number of piperazine rings is 1. The Morgan fingerprint density at radius 1 is 1.12 bits per heavy atom. The summed E-state index contributed by atoms with van der Waals surface area (Å²) >= 11 is 1.33. The van der Waals surface area contributed by atoms with Crippen molar-refractivity contribution in [3.8, 4) is 0 Å². The summed E-state index contributed by atoms with van der Waals surface area (Å²) in [6.07, 6.45) is 1.53. The van der Waals surface area contributed by atoms with E-state index in [0.29, 0.717) is 48.3 Å². The number of para-hydroxylation sites is 1. The first-order valence-corrected chi connectivity index (χ1v) is 11.1. The number of fused-ring (bicyclic) bond motifs is 1. The van der Waals surface area contributed by atoms with Gasteiger partial charge in [0.15, 0.2) is 5.82 Å². The molecule has 10 heteroatoms.